The van der Waals surface area contributed by atoms with Gasteiger partial charge in [-0.05, 0) is 17.7 Å². The zero-order valence-corrected chi connectivity index (χ0v) is 11.5. The monoisotopic (exact) mass is 291 g/mol. The smallest absolute Gasteiger partial charge is 0.282 e. The first-order valence-electron chi connectivity index (χ1n) is 5.75. The molecule has 6 heteroatoms. The first kappa shape index (κ1) is 14.1. The Morgan fingerprint density at radius 2 is 1.85 bits per heavy atom. The number of phenols is 1. The molecule has 0 fully saturated rings. The second kappa shape index (κ2) is 5.75. The predicted octanol–water partition coefficient (Wildman–Crippen LogP) is 2.21. The fourth-order valence-electron chi connectivity index (χ4n) is 1.55. The summed E-state index contributed by atoms with van der Waals surface area (Å²) in [7, 11) is -2.48. The number of methoxy groups -OCH3 is 1. The van der Waals surface area contributed by atoms with Gasteiger partial charge in [0.15, 0.2) is 11.5 Å². The minimum absolute atomic E-state index is 0.0423. The van der Waals surface area contributed by atoms with Gasteiger partial charge in [0, 0.05) is 12.3 Å². The van der Waals surface area contributed by atoms with Gasteiger partial charge in [0.05, 0.1) is 12.0 Å². The van der Waals surface area contributed by atoms with Crippen molar-refractivity contribution in [2.75, 3.05) is 7.11 Å². The van der Waals surface area contributed by atoms with Crippen molar-refractivity contribution in [3.63, 3.8) is 0 Å². The number of phenolic OH excluding ortho intramolecular Hbond substituents is 1. The molecule has 0 radical (unpaired) electrons. The molecule has 2 aromatic rings. The van der Waals surface area contributed by atoms with Crippen molar-refractivity contribution in [2.24, 2.45) is 4.40 Å². The molecule has 0 unspecified atom stereocenters. The second-order valence-corrected chi connectivity index (χ2v) is 5.59. The second-order valence-electron chi connectivity index (χ2n) is 3.95. The third-order valence-electron chi connectivity index (χ3n) is 2.59. The predicted molar refractivity (Wildman–Crippen MR) is 75.9 cm³/mol. The average molecular weight is 291 g/mol. The van der Waals surface area contributed by atoms with Gasteiger partial charge < -0.3 is 9.84 Å². The fraction of sp³-hybridized carbons (Fsp3) is 0.0714. The van der Waals surface area contributed by atoms with Gasteiger partial charge in [0.2, 0.25) is 0 Å². The molecule has 2 aromatic carbocycles. The summed E-state index contributed by atoms with van der Waals surface area (Å²) in [6, 6.07) is 12.7. The Labute approximate surface area is 117 Å². The molecule has 0 aliphatic rings. The van der Waals surface area contributed by atoms with Crippen molar-refractivity contribution in [1.29, 1.82) is 0 Å². The maximum atomic E-state index is 12.0. The Bertz CT molecular complexity index is 724. The summed E-state index contributed by atoms with van der Waals surface area (Å²) in [5.41, 5.74) is 0.682. The third kappa shape index (κ3) is 3.16. The SMILES string of the molecule is COc1cc(S(=O)(=O)N=Cc2ccccc2)ccc1O. The molecular weight excluding hydrogens is 278 g/mol. The minimum atomic E-state index is -3.83. The van der Waals surface area contributed by atoms with E-state index >= 15 is 0 Å². The van der Waals surface area contributed by atoms with Crippen LogP contribution in [0.25, 0.3) is 0 Å². The Kier molecular flexibility index (Phi) is 4.05. The van der Waals surface area contributed by atoms with Crippen LogP contribution in [-0.2, 0) is 10.0 Å². The summed E-state index contributed by atoms with van der Waals surface area (Å²) in [6.07, 6.45) is 1.27. The lowest BCUT2D eigenvalue weighted by Gasteiger charge is -2.05. The lowest BCUT2D eigenvalue weighted by atomic mass is 10.2. The van der Waals surface area contributed by atoms with Gasteiger partial charge in [-0.3, -0.25) is 0 Å². The maximum Gasteiger partial charge on any atom is 0.282 e. The van der Waals surface area contributed by atoms with Crippen LogP contribution in [0.4, 0.5) is 0 Å². The maximum absolute atomic E-state index is 12.0. The van der Waals surface area contributed by atoms with Crippen LogP contribution in [-0.4, -0.2) is 26.8 Å². The van der Waals surface area contributed by atoms with Crippen LogP contribution in [0.5, 0.6) is 11.5 Å². The topological polar surface area (TPSA) is 76.0 Å². The molecule has 2 rings (SSSR count). The standard InChI is InChI=1S/C14H13NO4S/c1-19-14-9-12(7-8-13(14)16)20(17,18)15-10-11-5-3-2-4-6-11/h2-10,16H,1H3. The molecule has 104 valence electrons. The van der Waals surface area contributed by atoms with Gasteiger partial charge in [0.25, 0.3) is 10.0 Å². The number of hydrogen-bond donors (Lipinski definition) is 1. The highest BCUT2D eigenvalue weighted by Gasteiger charge is 2.14. The van der Waals surface area contributed by atoms with Crippen molar-refractivity contribution in [3.8, 4) is 11.5 Å². The Morgan fingerprint density at radius 1 is 1.15 bits per heavy atom. The van der Waals surface area contributed by atoms with E-state index in [1.54, 1.807) is 24.3 Å². The van der Waals surface area contributed by atoms with Crippen LogP contribution in [0.15, 0.2) is 57.8 Å². The van der Waals surface area contributed by atoms with Crippen LogP contribution >= 0.6 is 0 Å². The molecule has 0 heterocycles. The summed E-state index contributed by atoms with van der Waals surface area (Å²) in [4.78, 5) is -0.0423. The summed E-state index contributed by atoms with van der Waals surface area (Å²) in [5, 5.41) is 9.45. The van der Waals surface area contributed by atoms with Gasteiger partial charge in [-0.25, -0.2) is 0 Å². The van der Waals surface area contributed by atoms with Crippen LogP contribution in [0.3, 0.4) is 0 Å². The van der Waals surface area contributed by atoms with Gasteiger partial charge >= 0.3 is 0 Å². The third-order valence-corrected chi connectivity index (χ3v) is 3.82. The van der Waals surface area contributed by atoms with Crippen LogP contribution in [0.2, 0.25) is 0 Å². The van der Waals surface area contributed by atoms with E-state index in [0.717, 1.165) is 0 Å². The summed E-state index contributed by atoms with van der Waals surface area (Å²) in [6.45, 7) is 0. The zero-order chi connectivity index (χ0) is 14.6. The Balaban J connectivity index is 2.34. The molecule has 0 aliphatic carbocycles. The summed E-state index contributed by atoms with van der Waals surface area (Å²) in [5.74, 6) is -0.0422. The molecule has 0 amide bonds. The van der Waals surface area contributed by atoms with Crippen molar-refractivity contribution in [2.45, 2.75) is 4.90 Å². The number of sulfonamides is 1. The molecule has 5 nitrogen and oxygen atoms in total. The highest BCUT2D eigenvalue weighted by molar-refractivity contribution is 7.90. The van der Waals surface area contributed by atoms with Crippen LogP contribution < -0.4 is 4.74 Å². The number of hydrogen-bond acceptors (Lipinski definition) is 4. The molecule has 0 aromatic heterocycles. The number of nitrogens with zero attached hydrogens (tertiary/aromatic N) is 1. The van der Waals surface area contributed by atoms with Crippen molar-refractivity contribution in [1.82, 2.24) is 0 Å². The molecule has 0 spiro atoms. The lowest BCUT2D eigenvalue weighted by Crippen LogP contribution is -1.98. The molecule has 20 heavy (non-hydrogen) atoms. The summed E-state index contributed by atoms with van der Waals surface area (Å²) < 4.78 is 32.6. The number of ether oxygens (including phenoxy) is 1. The molecule has 0 saturated heterocycles. The fourth-order valence-corrected chi connectivity index (χ4v) is 2.43. The van der Waals surface area contributed by atoms with E-state index in [0.29, 0.717) is 5.56 Å². The summed E-state index contributed by atoms with van der Waals surface area (Å²) >= 11 is 0. The minimum Gasteiger partial charge on any atom is -0.504 e. The normalized spacial score (nSPS) is 11.7. The highest BCUT2D eigenvalue weighted by Crippen LogP contribution is 2.28. The quantitative estimate of drug-likeness (QED) is 0.876. The van der Waals surface area contributed by atoms with Gasteiger partial charge in [-0.15, -0.1) is 0 Å². The number of benzene rings is 2. The first-order chi connectivity index (χ1) is 9.53. The van der Waals surface area contributed by atoms with E-state index in [4.69, 9.17) is 4.74 Å². The van der Waals surface area contributed by atoms with E-state index in [2.05, 4.69) is 4.40 Å². The number of aromatic hydroxyl groups is 1. The van der Waals surface area contributed by atoms with E-state index in [1.807, 2.05) is 6.07 Å². The molecule has 1 N–H and O–H groups in total. The van der Waals surface area contributed by atoms with Gasteiger partial charge in [-0.1, -0.05) is 30.3 Å². The molecular formula is C14H13NO4S. The molecule has 0 atom stereocenters. The largest absolute Gasteiger partial charge is 0.504 e. The van der Waals surface area contributed by atoms with Crippen molar-refractivity contribution >= 4 is 16.2 Å². The van der Waals surface area contributed by atoms with Crippen molar-refractivity contribution < 1.29 is 18.3 Å². The average Bonchev–Trinajstić information content (AvgIpc) is 2.46. The van der Waals surface area contributed by atoms with E-state index < -0.39 is 10.0 Å². The van der Waals surface area contributed by atoms with Crippen LogP contribution in [0, 0.1) is 0 Å². The van der Waals surface area contributed by atoms with Crippen LogP contribution in [0.1, 0.15) is 5.56 Å². The first-order valence-corrected chi connectivity index (χ1v) is 7.19. The van der Waals surface area contributed by atoms with E-state index in [9.17, 15) is 13.5 Å². The molecule has 0 aliphatic heterocycles. The van der Waals surface area contributed by atoms with Gasteiger partial charge in [0.1, 0.15) is 0 Å². The zero-order valence-electron chi connectivity index (χ0n) is 10.7. The molecule has 0 bridgehead atoms. The Hall–Kier alpha value is -2.34. The molecule has 0 saturated carbocycles. The lowest BCUT2D eigenvalue weighted by molar-refractivity contribution is 0.372. The van der Waals surface area contributed by atoms with Crippen molar-refractivity contribution in [3.05, 3.63) is 54.1 Å². The Morgan fingerprint density at radius 3 is 2.50 bits per heavy atom. The number of rotatable bonds is 4. The highest BCUT2D eigenvalue weighted by atomic mass is 32.2. The van der Waals surface area contributed by atoms with E-state index in [1.165, 1.54) is 31.5 Å². The van der Waals surface area contributed by atoms with E-state index in [-0.39, 0.29) is 16.4 Å². The van der Waals surface area contributed by atoms with Gasteiger partial charge in [-0.2, -0.15) is 12.8 Å².